The molecule has 1 aliphatic heterocycles. The zero-order chi connectivity index (χ0) is 12.3. The minimum absolute atomic E-state index is 0. The molecule has 1 aliphatic carbocycles. The first-order chi connectivity index (χ1) is 8.07. The number of hydrogen-bond acceptors (Lipinski definition) is 3. The maximum absolute atomic E-state index is 11.9. The van der Waals surface area contributed by atoms with Crippen LogP contribution in [0, 0.1) is 5.92 Å². The van der Waals surface area contributed by atoms with Crippen LogP contribution in [-0.2, 0) is 10.0 Å². The molecule has 0 radical (unpaired) electrons. The summed E-state index contributed by atoms with van der Waals surface area (Å²) in [5.74, 6) is 0.967. The van der Waals surface area contributed by atoms with E-state index in [2.05, 4.69) is 17.0 Å². The van der Waals surface area contributed by atoms with Gasteiger partial charge in [0.1, 0.15) is 0 Å². The second-order valence-electron chi connectivity index (χ2n) is 5.51. The molecule has 6 heteroatoms. The summed E-state index contributed by atoms with van der Waals surface area (Å²) in [7, 11) is -3.08. The maximum Gasteiger partial charge on any atom is 0.211 e. The molecule has 1 heterocycles. The molecule has 0 aromatic carbocycles. The highest BCUT2D eigenvalue weighted by molar-refractivity contribution is 7.89. The van der Waals surface area contributed by atoms with Crippen molar-refractivity contribution < 1.29 is 8.42 Å². The predicted octanol–water partition coefficient (Wildman–Crippen LogP) is 1.66. The molecule has 1 saturated carbocycles. The van der Waals surface area contributed by atoms with E-state index in [1.54, 1.807) is 0 Å². The molecule has 2 fully saturated rings. The van der Waals surface area contributed by atoms with E-state index in [9.17, 15) is 8.42 Å². The third-order valence-electron chi connectivity index (χ3n) is 4.11. The van der Waals surface area contributed by atoms with E-state index in [1.807, 2.05) is 0 Å². The van der Waals surface area contributed by atoms with E-state index in [0.717, 1.165) is 25.8 Å². The van der Waals surface area contributed by atoms with Crippen molar-refractivity contribution >= 4 is 22.4 Å². The highest BCUT2D eigenvalue weighted by Crippen LogP contribution is 2.29. The first-order valence-corrected chi connectivity index (χ1v) is 8.45. The van der Waals surface area contributed by atoms with Crippen molar-refractivity contribution in [1.29, 1.82) is 0 Å². The first kappa shape index (κ1) is 16.2. The van der Waals surface area contributed by atoms with Gasteiger partial charge >= 0.3 is 0 Å². The smallest absolute Gasteiger partial charge is 0.211 e. The van der Waals surface area contributed by atoms with Crippen molar-refractivity contribution in [1.82, 2.24) is 10.0 Å². The fourth-order valence-corrected chi connectivity index (χ4v) is 4.14. The lowest BCUT2D eigenvalue weighted by Gasteiger charge is -2.31. The highest BCUT2D eigenvalue weighted by Gasteiger charge is 2.26. The second kappa shape index (κ2) is 7.08. The molecule has 2 atom stereocenters. The number of hydrogen-bond donors (Lipinski definition) is 2. The molecule has 2 aliphatic rings. The van der Waals surface area contributed by atoms with E-state index < -0.39 is 10.0 Å². The molecule has 0 spiro atoms. The summed E-state index contributed by atoms with van der Waals surface area (Å²) < 4.78 is 26.8. The van der Waals surface area contributed by atoms with Gasteiger partial charge in [0, 0.05) is 12.1 Å². The summed E-state index contributed by atoms with van der Waals surface area (Å²) in [5.41, 5.74) is 0. The monoisotopic (exact) mass is 296 g/mol. The van der Waals surface area contributed by atoms with Crippen molar-refractivity contribution in [2.75, 3.05) is 12.3 Å². The Hall–Kier alpha value is 0.160. The van der Waals surface area contributed by atoms with Crippen LogP contribution in [0.15, 0.2) is 0 Å². The molecular formula is C12H25ClN2O2S. The Kier molecular flexibility index (Phi) is 6.38. The molecule has 0 aromatic heterocycles. The minimum atomic E-state index is -3.08. The Morgan fingerprint density at radius 3 is 2.50 bits per heavy atom. The van der Waals surface area contributed by atoms with Gasteiger partial charge in [0.15, 0.2) is 0 Å². The Bertz CT molecular complexity index is 344. The molecule has 1 saturated heterocycles. The number of piperidine rings is 1. The molecule has 0 aromatic rings. The summed E-state index contributed by atoms with van der Waals surface area (Å²) in [6.07, 6.45) is 6.57. The van der Waals surface area contributed by atoms with Crippen LogP contribution in [0.2, 0.25) is 0 Å². The van der Waals surface area contributed by atoms with Crippen LogP contribution in [0.4, 0.5) is 0 Å². The molecule has 2 unspecified atom stereocenters. The van der Waals surface area contributed by atoms with Gasteiger partial charge in [-0.3, -0.25) is 0 Å². The van der Waals surface area contributed by atoms with E-state index in [-0.39, 0.29) is 24.5 Å². The van der Waals surface area contributed by atoms with Gasteiger partial charge in [-0.2, -0.15) is 0 Å². The van der Waals surface area contributed by atoms with Gasteiger partial charge in [-0.25, -0.2) is 13.1 Å². The van der Waals surface area contributed by atoms with Crippen LogP contribution >= 0.6 is 12.4 Å². The van der Waals surface area contributed by atoms with Crippen LogP contribution < -0.4 is 10.0 Å². The molecule has 4 nitrogen and oxygen atoms in total. The molecular weight excluding hydrogens is 272 g/mol. The molecule has 0 bridgehead atoms. The van der Waals surface area contributed by atoms with E-state index in [4.69, 9.17) is 0 Å². The standard InChI is InChI=1S/C12H24N2O2S.ClH/c1-10-12(6-3-8-13-10)14-17(15,16)9-7-11-4-2-5-11;/h10-14H,2-9H2,1H3;1H. The molecule has 18 heavy (non-hydrogen) atoms. The lowest BCUT2D eigenvalue weighted by Crippen LogP contribution is -2.52. The topological polar surface area (TPSA) is 58.2 Å². The summed E-state index contributed by atoms with van der Waals surface area (Å²) >= 11 is 0. The fourth-order valence-electron chi connectivity index (χ4n) is 2.60. The zero-order valence-corrected chi connectivity index (χ0v) is 12.7. The van der Waals surface area contributed by atoms with Gasteiger partial charge in [0.2, 0.25) is 10.0 Å². The molecule has 2 rings (SSSR count). The summed E-state index contributed by atoms with van der Waals surface area (Å²) in [6.45, 7) is 3.06. The van der Waals surface area contributed by atoms with Gasteiger partial charge in [0.25, 0.3) is 0 Å². The fraction of sp³-hybridized carbons (Fsp3) is 1.00. The molecule has 2 N–H and O–H groups in total. The van der Waals surface area contributed by atoms with Crippen LogP contribution in [0.3, 0.4) is 0 Å². The third-order valence-corrected chi connectivity index (χ3v) is 5.55. The van der Waals surface area contributed by atoms with E-state index in [1.165, 1.54) is 19.3 Å². The SMILES string of the molecule is CC1NCCCC1NS(=O)(=O)CCC1CCC1.Cl. The number of nitrogens with one attached hydrogen (secondary N) is 2. The Labute approximate surface area is 117 Å². The van der Waals surface area contributed by atoms with Crippen LogP contribution in [0.1, 0.15) is 45.4 Å². The van der Waals surface area contributed by atoms with Crippen LogP contribution in [0.25, 0.3) is 0 Å². The minimum Gasteiger partial charge on any atom is -0.313 e. The van der Waals surface area contributed by atoms with Crippen molar-refractivity contribution in [3.8, 4) is 0 Å². The normalized spacial score (nSPS) is 29.4. The lowest BCUT2D eigenvalue weighted by atomic mass is 9.84. The van der Waals surface area contributed by atoms with Crippen molar-refractivity contribution in [2.24, 2.45) is 5.92 Å². The van der Waals surface area contributed by atoms with Crippen LogP contribution in [-0.4, -0.2) is 32.8 Å². The molecule has 0 amide bonds. The van der Waals surface area contributed by atoms with Gasteiger partial charge < -0.3 is 5.32 Å². The average Bonchev–Trinajstić information content (AvgIpc) is 2.18. The number of halogens is 1. The number of sulfonamides is 1. The second-order valence-corrected chi connectivity index (χ2v) is 7.39. The number of rotatable bonds is 5. The van der Waals surface area contributed by atoms with Crippen molar-refractivity contribution in [2.45, 2.75) is 57.5 Å². The first-order valence-electron chi connectivity index (χ1n) is 6.80. The lowest BCUT2D eigenvalue weighted by molar-refractivity contribution is 0.306. The summed E-state index contributed by atoms with van der Waals surface area (Å²) in [4.78, 5) is 0. The average molecular weight is 297 g/mol. The third kappa shape index (κ3) is 4.68. The Balaban J connectivity index is 0.00000162. The maximum atomic E-state index is 11.9. The summed E-state index contributed by atoms with van der Waals surface area (Å²) in [5, 5.41) is 3.31. The van der Waals surface area contributed by atoms with Gasteiger partial charge in [-0.15, -0.1) is 12.4 Å². The van der Waals surface area contributed by atoms with E-state index in [0.29, 0.717) is 11.7 Å². The predicted molar refractivity (Wildman–Crippen MR) is 76.6 cm³/mol. The quantitative estimate of drug-likeness (QED) is 0.811. The Morgan fingerprint density at radius 1 is 1.22 bits per heavy atom. The Morgan fingerprint density at radius 2 is 1.94 bits per heavy atom. The van der Waals surface area contributed by atoms with Crippen LogP contribution in [0.5, 0.6) is 0 Å². The van der Waals surface area contributed by atoms with E-state index >= 15 is 0 Å². The largest absolute Gasteiger partial charge is 0.313 e. The van der Waals surface area contributed by atoms with Gasteiger partial charge in [-0.05, 0) is 38.6 Å². The van der Waals surface area contributed by atoms with Crippen molar-refractivity contribution in [3.63, 3.8) is 0 Å². The highest BCUT2D eigenvalue weighted by atomic mass is 35.5. The van der Waals surface area contributed by atoms with Crippen molar-refractivity contribution in [3.05, 3.63) is 0 Å². The molecule has 108 valence electrons. The van der Waals surface area contributed by atoms with Gasteiger partial charge in [-0.1, -0.05) is 19.3 Å². The zero-order valence-electron chi connectivity index (χ0n) is 11.0. The summed E-state index contributed by atoms with van der Waals surface area (Å²) in [6, 6.07) is 0.331. The van der Waals surface area contributed by atoms with Gasteiger partial charge in [0.05, 0.1) is 5.75 Å².